The Morgan fingerprint density at radius 3 is 2.44 bits per heavy atom. The predicted molar refractivity (Wildman–Crippen MR) is 39.1 cm³/mol. The summed E-state index contributed by atoms with van der Waals surface area (Å²) in [4.78, 5) is 0. The number of aliphatic hydroxyl groups excluding tert-OH is 1. The highest BCUT2D eigenvalue weighted by Gasteiger charge is 2.04. The molecular weight excluding hydrogens is 114 g/mol. The van der Waals surface area contributed by atoms with Crippen molar-refractivity contribution < 1.29 is 5.11 Å². The van der Waals surface area contributed by atoms with E-state index >= 15 is 0 Å². The van der Waals surface area contributed by atoms with Crippen molar-refractivity contribution in [3.63, 3.8) is 0 Å². The average Bonchev–Trinajstić information content (AvgIpc) is 1.87. The predicted octanol–water partition coefficient (Wildman–Crippen LogP) is 0.742. The van der Waals surface area contributed by atoms with Gasteiger partial charge in [0, 0.05) is 6.04 Å². The Hall–Kier alpha value is -0.0800. The summed E-state index contributed by atoms with van der Waals surface area (Å²) in [5, 5.41) is 8.55. The minimum atomic E-state index is -0.0139. The van der Waals surface area contributed by atoms with E-state index in [2.05, 4.69) is 13.8 Å². The first-order chi connectivity index (χ1) is 4.20. The molecule has 0 aromatic heterocycles. The second kappa shape index (κ2) is 4.77. The molecule has 0 amide bonds. The van der Waals surface area contributed by atoms with Crippen molar-refractivity contribution >= 4 is 0 Å². The molecule has 0 spiro atoms. The first-order valence-electron chi connectivity index (χ1n) is 3.57. The number of hydrogen-bond donors (Lipinski definition) is 2. The SMILES string of the molecule is CCC(C)CC(N)CO. The second-order valence-electron chi connectivity index (χ2n) is 2.69. The summed E-state index contributed by atoms with van der Waals surface area (Å²) in [6, 6.07) is -0.0139. The van der Waals surface area contributed by atoms with Crippen LogP contribution in [0.25, 0.3) is 0 Å². The molecule has 0 aliphatic heterocycles. The van der Waals surface area contributed by atoms with Crippen molar-refractivity contribution in [2.75, 3.05) is 6.61 Å². The molecule has 0 rings (SSSR count). The zero-order valence-corrected chi connectivity index (χ0v) is 6.30. The summed E-state index contributed by atoms with van der Waals surface area (Å²) in [5.41, 5.74) is 5.50. The van der Waals surface area contributed by atoms with Crippen molar-refractivity contribution in [3.05, 3.63) is 0 Å². The number of hydrogen-bond acceptors (Lipinski definition) is 2. The van der Waals surface area contributed by atoms with E-state index in [1.54, 1.807) is 0 Å². The van der Waals surface area contributed by atoms with Crippen LogP contribution in [0.2, 0.25) is 0 Å². The van der Waals surface area contributed by atoms with Crippen molar-refractivity contribution in [3.8, 4) is 0 Å². The highest BCUT2D eigenvalue weighted by molar-refractivity contribution is 4.62. The second-order valence-corrected chi connectivity index (χ2v) is 2.69. The van der Waals surface area contributed by atoms with Gasteiger partial charge in [0.1, 0.15) is 0 Å². The fourth-order valence-electron chi connectivity index (χ4n) is 0.758. The molecule has 56 valence electrons. The van der Waals surface area contributed by atoms with Gasteiger partial charge in [0.25, 0.3) is 0 Å². The van der Waals surface area contributed by atoms with Gasteiger partial charge in [-0.15, -0.1) is 0 Å². The van der Waals surface area contributed by atoms with Crippen LogP contribution < -0.4 is 5.73 Å². The number of rotatable bonds is 4. The van der Waals surface area contributed by atoms with Crippen LogP contribution in [0.1, 0.15) is 26.7 Å². The lowest BCUT2D eigenvalue weighted by Gasteiger charge is -2.12. The molecule has 9 heavy (non-hydrogen) atoms. The van der Waals surface area contributed by atoms with E-state index in [1.165, 1.54) is 0 Å². The first kappa shape index (κ1) is 8.92. The molecule has 0 aromatic carbocycles. The Balaban J connectivity index is 3.22. The van der Waals surface area contributed by atoms with Gasteiger partial charge in [0.15, 0.2) is 0 Å². The zero-order valence-electron chi connectivity index (χ0n) is 6.30. The van der Waals surface area contributed by atoms with Crippen molar-refractivity contribution in [1.82, 2.24) is 0 Å². The zero-order chi connectivity index (χ0) is 7.28. The van der Waals surface area contributed by atoms with Crippen LogP contribution in [0.4, 0.5) is 0 Å². The van der Waals surface area contributed by atoms with E-state index in [1.807, 2.05) is 0 Å². The summed E-state index contributed by atoms with van der Waals surface area (Å²) in [5.74, 6) is 0.646. The Labute approximate surface area is 57.1 Å². The smallest absolute Gasteiger partial charge is 0.0582 e. The quantitative estimate of drug-likeness (QED) is 0.591. The molecule has 0 saturated heterocycles. The minimum absolute atomic E-state index is 0.0139. The Morgan fingerprint density at radius 1 is 1.56 bits per heavy atom. The van der Waals surface area contributed by atoms with Gasteiger partial charge >= 0.3 is 0 Å². The van der Waals surface area contributed by atoms with E-state index in [-0.39, 0.29) is 12.6 Å². The molecule has 2 heteroatoms. The van der Waals surface area contributed by atoms with Gasteiger partial charge in [-0.25, -0.2) is 0 Å². The van der Waals surface area contributed by atoms with Crippen LogP contribution in [0.3, 0.4) is 0 Å². The van der Waals surface area contributed by atoms with Crippen molar-refractivity contribution in [2.45, 2.75) is 32.7 Å². The lowest BCUT2D eigenvalue weighted by atomic mass is 10.0. The molecule has 2 atom stereocenters. The summed E-state index contributed by atoms with van der Waals surface area (Å²) >= 11 is 0. The molecule has 0 aliphatic carbocycles. The maximum Gasteiger partial charge on any atom is 0.0582 e. The number of aliphatic hydroxyl groups is 1. The van der Waals surface area contributed by atoms with Gasteiger partial charge in [0.05, 0.1) is 6.61 Å². The topological polar surface area (TPSA) is 46.2 Å². The minimum Gasteiger partial charge on any atom is -0.395 e. The van der Waals surface area contributed by atoms with Crippen molar-refractivity contribution in [1.29, 1.82) is 0 Å². The lowest BCUT2D eigenvalue weighted by molar-refractivity contribution is 0.246. The normalized spacial score (nSPS) is 17.3. The van der Waals surface area contributed by atoms with Crippen LogP contribution >= 0.6 is 0 Å². The van der Waals surface area contributed by atoms with Crippen LogP contribution in [0, 0.1) is 5.92 Å². The van der Waals surface area contributed by atoms with Gasteiger partial charge in [0.2, 0.25) is 0 Å². The molecule has 2 unspecified atom stereocenters. The standard InChI is InChI=1S/C7H17NO/c1-3-6(2)4-7(8)5-9/h6-7,9H,3-5,8H2,1-2H3. The van der Waals surface area contributed by atoms with E-state index < -0.39 is 0 Å². The summed E-state index contributed by atoms with van der Waals surface area (Å²) in [7, 11) is 0. The first-order valence-corrected chi connectivity index (χ1v) is 3.57. The summed E-state index contributed by atoms with van der Waals surface area (Å²) in [6.07, 6.45) is 2.08. The largest absolute Gasteiger partial charge is 0.395 e. The third kappa shape index (κ3) is 4.43. The van der Waals surface area contributed by atoms with E-state index in [0.29, 0.717) is 5.92 Å². The molecule has 3 N–H and O–H groups in total. The molecule has 0 aromatic rings. The maximum atomic E-state index is 8.55. The van der Waals surface area contributed by atoms with E-state index in [4.69, 9.17) is 10.8 Å². The van der Waals surface area contributed by atoms with E-state index in [9.17, 15) is 0 Å². The molecule has 0 aliphatic rings. The third-order valence-corrected chi connectivity index (χ3v) is 1.64. The van der Waals surface area contributed by atoms with Crippen LogP contribution in [-0.2, 0) is 0 Å². The van der Waals surface area contributed by atoms with Crippen LogP contribution in [0.15, 0.2) is 0 Å². The number of nitrogens with two attached hydrogens (primary N) is 1. The summed E-state index contributed by atoms with van der Waals surface area (Å²) in [6.45, 7) is 4.40. The average molecular weight is 131 g/mol. The van der Waals surface area contributed by atoms with Gasteiger partial charge < -0.3 is 10.8 Å². The fraction of sp³-hybridized carbons (Fsp3) is 1.00. The van der Waals surface area contributed by atoms with E-state index in [0.717, 1.165) is 12.8 Å². The van der Waals surface area contributed by atoms with Gasteiger partial charge in [-0.2, -0.15) is 0 Å². The van der Waals surface area contributed by atoms with Crippen LogP contribution in [-0.4, -0.2) is 17.8 Å². The molecule has 0 bridgehead atoms. The molecule has 0 saturated carbocycles. The maximum absolute atomic E-state index is 8.55. The lowest BCUT2D eigenvalue weighted by Crippen LogP contribution is -2.26. The molecule has 2 nitrogen and oxygen atoms in total. The third-order valence-electron chi connectivity index (χ3n) is 1.64. The van der Waals surface area contributed by atoms with Gasteiger partial charge in [-0.1, -0.05) is 20.3 Å². The molecular formula is C7H17NO. The molecule has 0 fully saturated rings. The molecule has 0 radical (unpaired) electrons. The van der Waals surface area contributed by atoms with Crippen molar-refractivity contribution in [2.24, 2.45) is 11.7 Å². The molecule has 0 heterocycles. The fourth-order valence-corrected chi connectivity index (χ4v) is 0.758. The van der Waals surface area contributed by atoms with Crippen LogP contribution in [0.5, 0.6) is 0 Å². The highest BCUT2D eigenvalue weighted by Crippen LogP contribution is 2.07. The Kier molecular flexibility index (Phi) is 4.72. The summed E-state index contributed by atoms with van der Waals surface area (Å²) < 4.78 is 0. The highest BCUT2D eigenvalue weighted by atomic mass is 16.3. The Morgan fingerprint density at radius 2 is 2.11 bits per heavy atom. The Bertz CT molecular complexity index is 57.9. The van der Waals surface area contributed by atoms with Gasteiger partial charge in [-0.05, 0) is 12.3 Å². The monoisotopic (exact) mass is 131 g/mol. The van der Waals surface area contributed by atoms with Gasteiger partial charge in [-0.3, -0.25) is 0 Å².